The largest absolute Gasteiger partial charge is 0.310 e. The fourth-order valence-corrected chi connectivity index (χ4v) is 3.10. The van der Waals surface area contributed by atoms with Crippen molar-refractivity contribution in [3.63, 3.8) is 0 Å². The van der Waals surface area contributed by atoms with E-state index in [1.54, 1.807) is 6.07 Å². The van der Waals surface area contributed by atoms with Crippen LogP contribution in [0.25, 0.3) is 0 Å². The predicted molar refractivity (Wildman–Crippen MR) is 87.8 cm³/mol. The molecule has 0 aliphatic carbocycles. The molecule has 1 aliphatic heterocycles. The molecule has 0 spiro atoms. The first-order chi connectivity index (χ1) is 11.1. The van der Waals surface area contributed by atoms with Crippen molar-refractivity contribution in [3.8, 4) is 0 Å². The highest BCUT2D eigenvalue weighted by Gasteiger charge is 2.21. The number of benzene rings is 1. The van der Waals surface area contributed by atoms with Gasteiger partial charge >= 0.3 is 0 Å². The van der Waals surface area contributed by atoms with Gasteiger partial charge in [0.1, 0.15) is 11.6 Å². The average Bonchev–Trinajstić information content (AvgIpc) is 2.52. The zero-order valence-corrected chi connectivity index (χ0v) is 13.7. The van der Waals surface area contributed by atoms with Gasteiger partial charge in [-0.2, -0.15) is 0 Å². The van der Waals surface area contributed by atoms with Gasteiger partial charge in [0.2, 0.25) is 0 Å². The maximum absolute atomic E-state index is 13.7. The van der Waals surface area contributed by atoms with Gasteiger partial charge in [-0.3, -0.25) is 9.69 Å². The van der Waals surface area contributed by atoms with Crippen LogP contribution in [0.2, 0.25) is 0 Å². The van der Waals surface area contributed by atoms with E-state index < -0.39 is 0 Å². The molecule has 0 unspecified atom stereocenters. The lowest BCUT2D eigenvalue weighted by molar-refractivity contribution is 0.239. The Morgan fingerprint density at radius 1 is 1.39 bits per heavy atom. The molecule has 1 aromatic heterocycles. The molecule has 122 valence electrons. The van der Waals surface area contributed by atoms with E-state index in [9.17, 15) is 9.18 Å². The van der Waals surface area contributed by atoms with E-state index >= 15 is 0 Å². The lowest BCUT2D eigenvalue weighted by atomic mass is 10.0. The third-order valence-electron chi connectivity index (χ3n) is 4.46. The van der Waals surface area contributed by atoms with Gasteiger partial charge in [0.15, 0.2) is 0 Å². The van der Waals surface area contributed by atoms with Crippen LogP contribution in [0.15, 0.2) is 23.0 Å². The summed E-state index contributed by atoms with van der Waals surface area (Å²) in [7, 11) is 0. The molecule has 0 saturated heterocycles. The Morgan fingerprint density at radius 2 is 2.22 bits per heavy atom. The summed E-state index contributed by atoms with van der Waals surface area (Å²) in [6.07, 6.45) is 2.43. The second-order valence-electron chi connectivity index (χ2n) is 6.17. The zero-order valence-electron chi connectivity index (χ0n) is 13.7. The molecule has 5 heteroatoms. The third-order valence-corrected chi connectivity index (χ3v) is 4.46. The fraction of sp³-hybridized carbons (Fsp3) is 0.444. The van der Waals surface area contributed by atoms with Gasteiger partial charge < -0.3 is 4.98 Å². The van der Waals surface area contributed by atoms with E-state index in [-0.39, 0.29) is 11.4 Å². The highest BCUT2D eigenvalue weighted by molar-refractivity contribution is 5.28. The molecular weight excluding hydrogens is 293 g/mol. The number of fused-ring (bicyclic) bond motifs is 1. The number of hydrogen-bond donors (Lipinski definition) is 1. The van der Waals surface area contributed by atoms with Crippen LogP contribution in [0.3, 0.4) is 0 Å². The van der Waals surface area contributed by atoms with Crippen LogP contribution in [0, 0.1) is 12.7 Å². The molecule has 0 fully saturated rings. The number of aromatic nitrogens is 2. The normalized spacial score (nSPS) is 14.7. The number of nitrogens with zero attached hydrogens (tertiary/aromatic N) is 2. The van der Waals surface area contributed by atoms with E-state index in [2.05, 4.69) is 21.8 Å². The molecule has 0 bridgehead atoms. The minimum absolute atomic E-state index is 0.0000334. The van der Waals surface area contributed by atoms with Gasteiger partial charge in [-0.1, -0.05) is 19.1 Å². The first-order valence-electron chi connectivity index (χ1n) is 8.15. The van der Waals surface area contributed by atoms with Crippen LogP contribution < -0.4 is 5.56 Å². The van der Waals surface area contributed by atoms with Crippen molar-refractivity contribution in [3.05, 3.63) is 62.6 Å². The number of aromatic amines is 1. The summed E-state index contributed by atoms with van der Waals surface area (Å²) in [6.45, 7) is 6.00. The highest BCUT2D eigenvalue weighted by Crippen LogP contribution is 2.19. The Kier molecular flexibility index (Phi) is 4.57. The second-order valence-corrected chi connectivity index (χ2v) is 6.17. The maximum atomic E-state index is 13.7. The number of nitrogens with one attached hydrogen (secondary N) is 1. The van der Waals surface area contributed by atoms with Crippen molar-refractivity contribution in [2.75, 3.05) is 6.54 Å². The van der Waals surface area contributed by atoms with E-state index in [0.29, 0.717) is 25.1 Å². The highest BCUT2D eigenvalue weighted by atomic mass is 19.1. The average molecular weight is 315 g/mol. The Morgan fingerprint density at radius 3 is 3.00 bits per heavy atom. The molecule has 0 amide bonds. The number of halogens is 1. The predicted octanol–water partition coefficient (Wildman–Crippen LogP) is 2.73. The van der Waals surface area contributed by atoms with Gasteiger partial charge in [-0.15, -0.1) is 0 Å². The summed E-state index contributed by atoms with van der Waals surface area (Å²) in [5.74, 6) is 0.597. The minimum Gasteiger partial charge on any atom is -0.310 e. The molecular formula is C18H22FN3O. The molecule has 1 aromatic carbocycles. The van der Waals surface area contributed by atoms with Gasteiger partial charge in [0.05, 0.1) is 5.69 Å². The van der Waals surface area contributed by atoms with Crippen molar-refractivity contribution in [2.24, 2.45) is 0 Å². The van der Waals surface area contributed by atoms with Crippen molar-refractivity contribution >= 4 is 0 Å². The third kappa shape index (κ3) is 3.34. The Labute approximate surface area is 135 Å². The summed E-state index contributed by atoms with van der Waals surface area (Å²) in [6, 6.07) is 5.20. The zero-order chi connectivity index (χ0) is 16.4. The van der Waals surface area contributed by atoms with Crippen LogP contribution in [-0.4, -0.2) is 21.4 Å². The van der Waals surface area contributed by atoms with Gasteiger partial charge in [0, 0.05) is 31.6 Å². The van der Waals surface area contributed by atoms with E-state index in [1.807, 2.05) is 13.0 Å². The van der Waals surface area contributed by atoms with Gasteiger partial charge in [-0.05, 0) is 37.0 Å². The Hall–Kier alpha value is -2.01. The summed E-state index contributed by atoms with van der Waals surface area (Å²) in [4.78, 5) is 21.9. The monoisotopic (exact) mass is 315 g/mol. The standard InChI is InChI=1S/C18H22FN3O/c1-3-5-17-20-16-11-22(9-8-14(16)18(23)21-17)10-13-6-4-7-15(19)12(13)2/h4,6-7H,3,5,8-11H2,1-2H3,(H,20,21,23). The van der Waals surface area contributed by atoms with Crippen LogP contribution in [0.4, 0.5) is 4.39 Å². The lowest BCUT2D eigenvalue weighted by Crippen LogP contribution is -2.35. The van der Waals surface area contributed by atoms with Gasteiger partial charge in [0.25, 0.3) is 5.56 Å². The van der Waals surface area contributed by atoms with Crippen molar-refractivity contribution in [1.82, 2.24) is 14.9 Å². The molecule has 4 nitrogen and oxygen atoms in total. The molecule has 0 radical (unpaired) electrons. The van der Waals surface area contributed by atoms with E-state index in [0.717, 1.165) is 42.0 Å². The van der Waals surface area contributed by atoms with Crippen LogP contribution in [0.5, 0.6) is 0 Å². The summed E-state index contributed by atoms with van der Waals surface area (Å²) < 4.78 is 13.7. The molecule has 1 aliphatic rings. The van der Waals surface area contributed by atoms with E-state index in [1.165, 1.54) is 6.07 Å². The van der Waals surface area contributed by atoms with E-state index in [4.69, 9.17) is 0 Å². The van der Waals surface area contributed by atoms with Crippen LogP contribution in [0.1, 0.15) is 41.6 Å². The summed E-state index contributed by atoms with van der Waals surface area (Å²) in [5.41, 5.74) is 3.37. The number of H-pyrrole nitrogens is 1. The van der Waals surface area contributed by atoms with Gasteiger partial charge in [-0.25, -0.2) is 9.37 Å². The smallest absolute Gasteiger partial charge is 0.254 e. The summed E-state index contributed by atoms with van der Waals surface area (Å²) in [5, 5.41) is 0. The number of aryl methyl sites for hydroxylation is 1. The first kappa shape index (κ1) is 15.9. The topological polar surface area (TPSA) is 49.0 Å². The lowest BCUT2D eigenvalue weighted by Gasteiger charge is -2.28. The first-order valence-corrected chi connectivity index (χ1v) is 8.15. The molecule has 2 heterocycles. The molecule has 2 aromatic rings. The number of hydrogen-bond acceptors (Lipinski definition) is 3. The maximum Gasteiger partial charge on any atom is 0.254 e. The fourth-order valence-electron chi connectivity index (χ4n) is 3.10. The molecule has 1 N–H and O–H groups in total. The SMILES string of the molecule is CCCc1nc2c(c(=O)[nH]1)CCN(Cc1cccc(F)c1C)C2. The minimum atomic E-state index is -0.167. The molecule has 0 atom stereocenters. The van der Waals surface area contributed by atoms with Crippen molar-refractivity contribution in [2.45, 2.75) is 46.2 Å². The molecule has 3 rings (SSSR count). The van der Waals surface area contributed by atoms with Crippen molar-refractivity contribution < 1.29 is 4.39 Å². The number of rotatable bonds is 4. The Bertz CT molecular complexity index is 769. The van der Waals surface area contributed by atoms with Crippen LogP contribution in [-0.2, 0) is 25.9 Å². The molecule has 0 saturated carbocycles. The van der Waals surface area contributed by atoms with Crippen LogP contribution >= 0.6 is 0 Å². The quantitative estimate of drug-likeness (QED) is 0.944. The second kappa shape index (κ2) is 6.62. The summed E-state index contributed by atoms with van der Waals surface area (Å²) >= 11 is 0. The van der Waals surface area contributed by atoms with Crippen molar-refractivity contribution in [1.29, 1.82) is 0 Å². The molecule has 23 heavy (non-hydrogen) atoms. The Balaban J connectivity index is 1.82.